The minimum absolute atomic E-state index is 0.114. The van der Waals surface area contributed by atoms with E-state index in [2.05, 4.69) is 10.6 Å². The summed E-state index contributed by atoms with van der Waals surface area (Å²) in [5, 5.41) is 5.32. The molecule has 2 N–H and O–H groups in total. The highest BCUT2D eigenvalue weighted by atomic mass is 16.5. The zero-order chi connectivity index (χ0) is 18.9. The molecule has 0 aliphatic rings. The van der Waals surface area contributed by atoms with Crippen LogP contribution >= 0.6 is 0 Å². The number of rotatable bonds is 8. The quantitative estimate of drug-likeness (QED) is 0.644. The first-order chi connectivity index (χ1) is 13.2. The Morgan fingerprint density at radius 2 is 1.70 bits per heavy atom. The van der Waals surface area contributed by atoms with Crippen LogP contribution < -0.4 is 15.4 Å². The topological polar surface area (TPSA) is 80.6 Å². The number of nitrogens with one attached hydrogen (secondary N) is 2. The standard InChI is InChI=1S/C21H20N2O4/c24-20(13-23-21(25)18-10-11-26-15-18)22-12-17-8-4-5-9-19(17)27-14-16-6-2-1-3-7-16/h1-11,15H,12-14H2,(H,22,24)(H,23,25). The van der Waals surface area contributed by atoms with Gasteiger partial charge in [0.1, 0.15) is 18.6 Å². The van der Waals surface area contributed by atoms with E-state index in [1.165, 1.54) is 18.6 Å². The molecule has 0 fully saturated rings. The zero-order valence-electron chi connectivity index (χ0n) is 14.7. The number of benzene rings is 2. The Hall–Kier alpha value is -3.54. The predicted octanol–water partition coefficient (Wildman–Crippen LogP) is 2.90. The van der Waals surface area contributed by atoms with E-state index >= 15 is 0 Å². The summed E-state index contributed by atoms with van der Waals surface area (Å²) in [5.41, 5.74) is 2.31. The van der Waals surface area contributed by atoms with Crippen LogP contribution in [0.25, 0.3) is 0 Å². The van der Waals surface area contributed by atoms with Crippen molar-refractivity contribution in [2.45, 2.75) is 13.2 Å². The number of carbonyl (C=O) groups is 2. The lowest BCUT2D eigenvalue weighted by atomic mass is 10.2. The number of furan rings is 1. The number of carbonyl (C=O) groups excluding carboxylic acids is 2. The van der Waals surface area contributed by atoms with Crippen molar-refractivity contribution in [2.75, 3.05) is 6.54 Å². The first-order valence-corrected chi connectivity index (χ1v) is 8.54. The fourth-order valence-electron chi connectivity index (χ4n) is 2.44. The Balaban J connectivity index is 1.48. The number of hydrogen-bond donors (Lipinski definition) is 2. The number of ether oxygens (including phenoxy) is 1. The van der Waals surface area contributed by atoms with E-state index in [4.69, 9.17) is 9.15 Å². The Kier molecular flexibility index (Phi) is 6.25. The summed E-state index contributed by atoms with van der Waals surface area (Å²) in [7, 11) is 0. The molecule has 2 aromatic carbocycles. The maximum atomic E-state index is 12.0. The van der Waals surface area contributed by atoms with Gasteiger partial charge < -0.3 is 19.8 Å². The van der Waals surface area contributed by atoms with E-state index < -0.39 is 0 Å². The molecule has 6 nitrogen and oxygen atoms in total. The highest BCUT2D eigenvalue weighted by Crippen LogP contribution is 2.19. The van der Waals surface area contributed by atoms with Crippen LogP contribution in [0.3, 0.4) is 0 Å². The van der Waals surface area contributed by atoms with Crippen molar-refractivity contribution >= 4 is 11.8 Å². The molecular weight excluding hydrogens is 344 g/mol. The zero-order valence-corrected chi connectivity index (χ0v) is 14.7. The predicted molar refractivity (Wildman–Crippen MR) is 100 cm³/mol. The lowest BCUT2D eigenvalue weighted by Crippen LogP contribution is -2.36. The Bertz CT molecular complexity index is 876. The fourth-order valence-corrected chi connectivity index (χ4v) is 2.44. The van der Waals surface area contributed by atoms with E-state index in [9.17, 15) is 9.59 Å². The van der Waals surface area contributed by atoms with Gasteiger partial charge in [0.25, 0.3) is 5.91 Å². The average Bonchev–Trinajstić information content (AvgIpc) is 3.25. The normalized spacial score (nSPS) is 10.2. The smallest absolute Gasteiger partial charge is 0.254 e. The summed E-state index contributed by atoms with van der Waals surface area (Å²) in [4.78, 5) is 23.8. The van der Waals surface area contributed by atoms with Gasteiger partial charge in [0, 0.05) is 12.1 Å². The molecule has 0 spiro atoms. The molecule has 1 heterocycles. The van der Waals surface area contributed by atoms with Gasteiger partial charge in [0.2, 0.25) is 5.91 Å². The second-order valence-corrected chi connectivity index (χ2v) is 5.85. The molecule has 0 aliphatic carbocycles. The maximum Gasteiger partial charge on any atom is 0.254 e. The Labute approximate surface area is 157 Å². The maximum absolute atomic E-state index is 12.0. The Morgan fingerprint density at radius 3 is 2.48 bits per heavy atom. The molecule has 0 saturated heterocycles. The van der Waals surface area contributed by atoms with Crippen LogP contribution in [0, 0.1) is 0 Å². The van der Waals surface area contributed by atoms with E-state index in [0.29, 0.717) is 24.5 Å². The van der Waals surface area contributed by atoms with Crippen molar-refractivity contribution in [3.63, 3.8) is 0 Å². The highest BCUT2D eigenvalue weighted by Gasteiger charge is 2.10. The third-order valence-electron chi connectivity index (χ3n) is 3.88. The molecule has 138 valence electrons. The van der Waals surface area contributed by atoms with Crippen LogP contribution in [-0.2, 0) is 17.9 Å². The molecular formula is C21H20N2O4. The summed E-state index contributed by atoms with van der Waals surface area (Å²) in [6, 6.07) is 18.9. The van der Waals surface area contributed by atoms with Gasteiger partial charge in [-0.1, -0.05) is 48.5 Å². The van der Waals surface area contributed by atoms with Crippen molar-refractivity contribution in [1.82, 2.24) is 10.6 Å². The average molecular weight is 364 g/mol. The summed E-state index contributed by atoms with van der Waals surface area (Å²) in [6.45, 7) is 0.648. The van der Waals surface area contributed by atoms with Crippen LogP contribution in [0.15, 0.2) is 77.6 Å². The second kappa shape index (κ2) is 9.24. The molecule has 3 rings (SSSR count). The highest BCUT2D eigenvalue weighted by molar-refractivity contribution is 5.96. The summed E-state index contributed by atoms with van der Waals surface area (Å²) in [5.74, 6) is 0.0688. The lowest BCUT2D eigenvalue weighted by molar-refractivity contribution is -0.120. The van der Waals surface area contributed by atoms with Crippen molar-refractivity contribution in [3.05, 3.63) is 89.9 Å². The van der Waals surface area contributed by atoms with Crippen molar-refractivity contribution in [3.8, 4) is 5.75 Å². The van der Waals surface area contributed by atoms with Gasteiger partial charge in [-0.25, -0.2) is 0 Å². The molecule has 0 bridgehead atoms. The van der Waals surface area contributed by atoms with Crippen LogP contribution in [0.4, 0.5) is 0 Å². The molecule has 0 saturated carbocycles. The van der Waals surface area contributed by atoms with E-state index in [1.54, 1.807) is 0 Å². The lowest BCUT2D eigenvalue weighted by Gasteiger charge is -2.12. The molecule has 27 heavy (non-hydrogen) atoms. The minimum Gasteiger partial charge on any atom is -0.489 e. The largest absolute Gasteiger partial charge is 0.489 e. The van der Waals surface area contributed by atoms with E-state index in [0.717, 1.165) is 11.1 Å². The summed E-state index contributed by atoms with van der Waals surface area (Å²) < 4.78 is 10.7. The molecule has 1 aromatic heterocycles. The summed E-state index contributed by atoms with van der Waals surface area (Å²) in [6.07, 6.45) is 2.73. The first-order valence-electron chi connectivity index (χ1n) is 8.54. The second-order valence-electron chi connectivity index (χ2n) is 5.85. The van der Waals surface area contributed by atoms with Crippen molar-refractivity contribution in [2.24, 2.45) is 0 Å². The minimum atomic E-state index is -0.356. The third-order valence-corrected chi connectivity index (χ3v) is 3.88. The van der Waals surface area contributed by atoms with E-state index in [-0.39, 0.29) is 18.4 Å². The molecule has 0 aliphatic heterocycles. The number of amides is 2. The van der Waals surface area contributed by atoms with Gasteiger partial charge in [-0.3, -0.25) is 9.59 Å². The van der Waals surface area contributed by atoms with Gasteiger partial charge in [0.05, 0.1) is 18.4 Å². The van der Waals surface area contributed by atoms with Crippen LogP contribution in [-0.4, -0.2) is 18.4 Å². The summed E-state index contributed by atoms with van der Waals surface area (Å²) >= 11 is 0. The SMILES string of the molecule is O=C(CNC(=O)c1ccoc1)NCc1ccccc1OCc1ccccc1. The van der Waals surface area contributed by atoms with Gasteiger partial charge in [0.15, 0.2) is 0 Å². The molecule has 6 heteroatoms. The number of para-hydroxylation sites is 1. The monoisotopic (exact) mass is 364 g/mol. The molecule has 2 amide bonds. The first kappa shape index (κ1) is 18.3. The van der Waals surface area contributed by atoms with Crippen molar-refractivity contribution < 1.29 is 18.7 Å². The van der Waals surface area contributed by atoms with Crippen LogP contribution in [0.2, 0.25) is 0 Å². The van der Waals surface area contributed by atoms with Gasteiger partial charge in [-0.05, 0) is 17.7 Å². The van der Waals surface area contributed by atoms with Crippen LogP contribution in [0.1, 0.15) is 21.5 Å². The Morgan fingerprint density at radius 1 is 0.926 bits per heavy atom. The molecule has 0 atom stereocenters. The van der Waals surface area contributed by atoms with Gasteiger partial charge in [-0.15, -0.1) is 0 Å². The molecule has 3 aromatic rings. The number of hydrogen-bond acceptors (Lipinski definition) is 4. The van der Waals surface area contributed by atoms with Crippen LogP contribution in [0.5, 0.6) is 5.75 Å². The fraction of sp³-hybridized carbons (Fsp3) is 0.143. The van der Waals surface area contributed by atoms with E-state index in [1.807, 2.05) is 54.6 Å². The third kappa shape index (κ3) is 5.47. The van der Waals surface area contributed by atoms with Crippen molar-refractivity contribution in [1.29, 1.82) is 0 Å². The van der Waals surface area contributed by atoms with Gasteiger partial charge >= 0.3 is 0 Å². The molecule has 0 radical (unpaired) electrons. The van der Waals surface area contributed by atoms with Gasteiger partial charge in [-0.2, -0.15) is 0 Å². The molecule has 0 unspecified atom stereocenters.